The highest BCUT2D eigenvalue weighted by Crippen LogP contribution is 2.37. The number of carbonyl (C=O) groups excluding carboxylic acids is 1. The molecule has 1 aliphatic heterocycles. The Kier molecular flexibility index (Phi) is 5.76. The Morgan fingerprint density at radius 1 is 1.24 bits per heavy atom. The maximum Gasteiger partial charge on any atom is 0.237 e. The van der Waals surface area contributed by atoms with Gasteiger partial charge in [-0.2, -0.15) is 0 Å². The fourth-order valence-electron chi connectivity index (χ4n) is 3.08. The molecule has 1 saturated heterocycles. The summed E-state index contributed by atoms with van der Waals surface area (Å²) < 4.78 is 13.1. The van der Waals surface area contributed by atoms with Crippen LogP contribution in [0, 0.1) is 12.7 Å². The molecular formula is C20H23FN2OS. The van der Waals surface area contributed by atoms with Gasteiger partial charge in [0.25, 0.3) is 0 Å². The van der Waals surface area contributed by atoms with Crippen molar-refractivity contribution in [2.45, 2.75) is 18.8 Å². The largest absolute Gasteiger partial charge is 0.325 e. The van der Waals surface area contributed by atoms with Crippen LogP contribution < -0.4 is 0 Å². The van der Waals surface area contributed by atoms with Crippen LogP contribution >= 0.6 is 11.8 Å². The molecule has 1 heterocycles. The number of aryl methyl sites for hydroxylation is 1. The maximum atomic E-state index is 13.1. The summed E-state index contributed by atoms with van der Waals surface area (Å²) in [5.74, 6) is 0.785. The van der Waals surface area contributed by atoms with E-state index in [9.17, 15) is 9.18 Å². The molecule has 0 radical (unpaired) electrons. The van der Waals surface area contributed by atoms with Gasteiger partial charge in [0.05, 0.1) is 6.54 Å². The Bertz CT molecular complexity index is 735. The number of likely N-dealkylation sites (N-methyl/N-ethyl adjacent to an activating group) is 1. The molecule has 1 aliphatic rings. The number of rotatable bonds is 5. The number of halogens is 1. The number of thioether (sulfide) groups is 1. The highest BCUT2D eigenvalue weighted by atomic mass is 32.2. The van der Waals surface area contributed by atoms with Gasteiger partial charge in [-0.25, -0.2) is 4.39 Å². The first-order chi connectivity index (χ1) is 12.0. The molecule has 3 rings (SSSR count). The normalized spacial score (nSPS) is 17.3. The van der Waals surface area contributed by atoms with Gasteiger partial charge < -0.3 is 4.90 Å². The van der Waals surface area contributed by atoms with Crippen molar-refractivity contribution in [1.29, 1.82) is 0 Å². The van der Waals surface area contributed by atoms with E-state index in [4.69, 9.17) is 0 Å². The summed E-state index contributed by atoms with van der Waals surface area (Å²) >= 11 is 1.74. The predicted molar refractivity (Wildman–Crippen MR) is 101 cm³/mol. The average molecular weight is 358 g/mol. The highest BCUT2D eigenvalue weighted by Gasteiger charge is 2.30. The van der Waals surface area contributed by atoms with Crippen LogP contribution in [-0.4, -0.2) is 41.6 Å². The Hall–Kier alpha value is -1.85. The van der Waals surface area contributed by atoms with Crippen molar-refractivity contribution in [2.24, 2.45) is 0 Å². The zero-order valence-electron chi connectivity index (χ0n) is 14.6. The molecule has 2 aromatic carbocycles. The summed E-state index contributed by atoms with van der Waals surface area (Å²) in [7, 11) is 1.97. The van der Waals surface area contributed by atoms with E-state index in [1.807, 2.05) is 24.1 Å². The van der Waals surface area contributed by atoms with Crippen LogP contribution in [0.1, 0.15) is 22.1 Å². The predicted octanol–water partition coefficient (Wildman–Crippen LogP) is 3.84. The molecule has 0 aliphatic carbocycles. The first-order valence-corrected chi connectivity index (χ1v) is 9.49. The molecule has 0 aromatic heterocycles. The van der Waals surface area contributed by atoms with Gasteiger partial charge in [0.1, 0.15) is 11.2 Å². The lowest BCUT2D eigenvalue weighted by atomic mass is 10.1. The van der Waals surface area contributed by atoms with Crippen LogP contribution in [-0.2, 0) is 11.3 Å². The molecule has 1 fully saturated rings. The summed E-state index contributed by atoms with van der Waals surface area (Å²) in [6, 6.07) is 14.7. The van der Waals surface area contributed by atoms with Gasteiger partial charge in [-0.05, 0) is 42.8 Å². The molecule has 1 amide bonds. The monoisotopic (exact) mass is 358 g/mol. The molecule has 1 unspecified atom stereocenters. The smallest absolute Gasteiger partial charge is 0.237 e. The van der Waals surface area contributed by atoms with Crippen LogP contribution in [0.5, 0.6) is 0 Å². The molecule has 0 spiro atoms. The van der Waals surface area contributed by atoms with Crippen LogP contribution in [0.25, 0.3) is 0 Å². The van der Waals surface area contributed by atoms with Crippen molar-refractivity contribution in [2.75, 3.05) is 25.9 Å². The second-order valence-corrected chi connectivity index (χ2v) is 7.65. The van der Waals surface area contributed by atoms with E-state index in [1.54, 1.807) is 23.9 Å². The average Bonchev–Trinajstić information content (AvgIpc) is 3.07. The Morgan fingerprint density at radius 3 is 2.68 bits per heavy atom. The Morgan fingerprint density at radius 2 is 1.96 bits per heavy atom. The lowest BCUT2D eigenvalue weighted by Gasteiger charge is -2.27. The van der Waals surface area contributed by atoms with E-state index in [2.05, 4.69) is 24.0 Å². The van der Waals surface area contributed by atoms with E-state index >= 15 is 0 Å². The molecule has 0 bridgehead atoms. The van der Waals surface area contributed by atoms with Crippen LogP contribution in [0.3, 0.4) is 0 Å². The number of hydrogen-bond acceptors (Lipinski definition) is 3. The van der Waals surface area contributed by atoms with Gasteiger partial charge in [0.2, 0.25) is 5.91 Å². The van der Waals surface area contributed by atoms with E-state index in [-0.39, 0.29) is 17.1 Å². The molecule has 1 atom stereocenters. The molecule has 25 heavy (non-hydrogen) atoms. The van der Waals surface area contributed by atoms with Crippen LogP contribution in [0.4, 0.5) is 4.39 Å². The van der Waals surface area contributed by atoms with Crippen molar-refractivity contribution < 1.29 is 9.18 Å². The first-order valence-electron chi connectivity index (χ1n) is 8.44. The Labute approximate surface area is 152 Å². The van der Waals surface area contributed by atoms with Gasteiger partial charge in [-0.3, -0.25) is 9.69 Å². The summed E-state index contributed by atoms with van der Waals surface area (Å²) in [4.78, 5) is 16.7. The van der Waals surface area contributed by atoms with Crippen molar-refractivity contribution in [3.8, 4) is 0 Å². The van der Waals surface area contributed by atoms with Gasteiger partial charge in [0, 0.05) is 18.8 Å². The first kappa shape index (κ1) is 18.0. The van der Waals surface area contributed by atoms with Crippen LogP contribution in [0.2, 0.25) is 0 Å². The van der Waals surface area contributed by atoms with Crippen molar-refractivity contribution in [3.05, 3.63) is 71.0 Å². The minimum absolute atomic E-state index is 0.0139. The van der Waals surface area contributed by atoms with E-state index in [0.29, 0.717) is 6.54 Å². The fraction of sp³-hybridized carbons (Fsp3) is 0.350. The quantitative estimate of drug-likeness (QED) is 0.811. The van der Waals surface area contributed by atoms with Crippen molar-refractivity contribution in [3.63, 3.8) is 0 Å². The number of benzene rings is 2. The second-order valence-electron chi connectivity index (χ2n) is 6.46. The summed E-state index contributed by atoms with van der Waals surface area (Å²) in [6.45, 7) is 3.96. The molecule has 3 nitrogen and oxygen atoms in total. The molecule has 0 saturated carbocycles. The van der Waals surface area contributed by atoms with Gasteiger partial charge >= 0.3 is 0 Å². The summed E-state index contributed by atoms with van der Waals surface area (Å²) in [6.07, 6.45) is 0. The van der Waals surface area contributed by atoms with E-state index in [0.717, 1.165) is 24.4 Å². The SMILES string of the molecule is Cc1ccccc1CN(C)CC(=O)N1CCSC1c1ccc(F)cc1. The van der Waals surface area contributed by atoms with Crippen LogP contribution in [0.15, 0.2) is 48.5 Å². The van der Waals surface area contributed by atoms with E-state index in [1.165, 1.54) is 23.3 Å². The molecule has 5 heteroatoms. The second kappa shape index (κ2) is 8.02. The van der Waals surface area contributed by atoms with Gasteiger partial charge in [-0.1, -0.05) is 36.4 Å². The Balaban J connectivity index is 1.63. The molecule has 2 aromatic rings. The summed E-state index contributed by atoms with van der Waals surface area (Å²) in [5.41, 5.74) is 3.46. The number of carbonyl (C=O) groups is 1. The lowest BCUT2D eigenvalue weighted by Crippen LogP contribution is -2.38. The fourth-order valence-corrected chi connectivity index (χ4v) is 4.36. The van der Waals surface area contributed by atoms with Crippen molar-refractivity contribution in [1.82, 2.24) is 9.80 Å². The number of amides is 1. The maximum absolute atomic E-state index is 13.1. The third-order valence-electron chi connectivity index (χ3n) is 4.47. The van der Waals surface area contributed by atoms with Gasteiger partial charge in [-0.15, -0.1) is 11.8 Å². The zero-order chi connectivity index (χ0) is 17.8. The number of nitrogens with zero attached hydrogens (tertiary/aromatic N) is 2. The minimum atomic E-state index is -0.248. The lowest BCUT2D eigenvalue weighted by molar-refractivity contribution is -0.132. The third-order valence-corrected chi connectivity index (χ3v) is 5.73. The molecular weight excluding hydrogens is 335 g/mol. The molecule has 132 valence electrons. The summed E-state index contributed by atoms with van der Waals surface area (Å²) in [5, 5.41) is -0.0139. The van der Waals surface area contributed by atoms with Gasteiger partial charge in [0.15, 0.2) is 0 Å². The standard InChI is InChI=1S/C20H23FN2OS/c1-15-5-3-4-6-17(15)13-22(2)14-19(24)23-11-12-25-20(23)16-7-9-18(21)10-8-16/h3-10,20H,11-14H2,1-2H3. The molecule has 0 N–H and O–H groups in total. The van der Waals surface area contributed by atoms with E-state index < -0.39 is 0 Å². The third kappa shape index (κ3) is 4.41. The minimum Gasteiger partial charge on any atom is -0.325 e. The topological polar surface area (TPSA) is 23.6 Å². The number of hydrogen-bond donors (Lipinski definition) is 0. The van der Waals surface area contributed by atoms with Crippen molar-refractivity contribution >= 4 is 17.7 Å². The zero-order valence-corrected chi connectivity index (χ0v) is 15.4. The highest BCUT2D eigenvalue weighted by molar-refractivity contribution is 7.99.